The maximum atomic E-state index is 12.2. The third-order valence-corrected chi connectivity index (χ3v) is 3.63. The fourth-order valence-electron chi connectivity index (χ4n) is 2.09. The maximum absolute atomic E-state index is 12.2. The van der Waals surface area contributed by atoms with Crippen molar-refractivity contribution in [1.82, 2.24) is 10.6 Å². The summed E-state index contributed by atoms with van der Waals surface area (Å²) in [6, 6.07) is 4.49. The SMILES string of the molecule is CCNC(=O)NC(=O)C(C)OC(=O)c1oc2c(Cl)cccc2c1C. The summed E-state index contributed by atoms with van der Waals surface area (Å²) >= 11 is 6.04. The lowest BCUT2D eigenvalue weighted by Gasteiger charge is -2.12. The van der Waals surface area contributed by atoms with Crippen molar-refractivity contribution in [3.63, 3.8) is 0 Å². The second kappa shape index (κ2) is 7.35. The smallest absolute Gasteiger partial charge is 0.375 e. The zero-order valence-corrected chi connectivity index (χ0v) is 14.2. The predicted molar refractivity (Wildman–Crippen MR) is 88.1 cm³/mol. The Morgan fingerprint density at radius 3 is 2.67 bits per heavy atom. The van der Waals surface area contributed by atoms with E-state index in [4.69, 9.17) is 20.8 Å². The largest absolute Gasteiger partial charge is 0.447 e. The summed E-state index contributed by atoms with van der Waals surface area (Å²) in [7, 11) is 0. The number of esters is 1. The molecule has 1 heterocycles. The van der Waals surface area contributed by atoms with Crippen molar-refractivity contribution in [1.29, 1.82) is 0 Å². The number of hydrogen-bond acceptors (Lipinski definition) is 5. The molecule has 0 saturated heterocycles. The number of aryl methyl sites for hydroxylation is 1. The van der Waals surface area contributed by atoms with Crippen LogP contribution >= 0.6 is 11.6 Å². The van der Waals surface area contributed by atoms with Crippen molar-refractivity contribution in [3.8, 4) is 0 Å². The van der Waals surface area contributed by atoms with Crippen LogP contribution < -0.4 is 10.6 Å². The maximum Gasteiger partial charge on any atom is 0.375 e. The summed E-state index contributed by atoms with van der Waals surface area (Å²) in [4.78, 5) is 35.3. The van der Waals surface area contributed by atoms with Crippen LogP contribution in [-0.2, 0) is 9.53 Å². The van der Waals surface area contributed by atoms with Gasteiger partial charge in [-0.25, -0.2) is 9.59 Å². The number of hydrogen-bond donors (Lipinski definition) is 2. The first-order valence-corrected chi connectivity index (χ1v) is 7.70. The van der Waals surface area contributed by atoms with Crippen molar-refractivity contribution < 1.29 is 23.5 Å². The molecule has 0 spiro atoms. The number of rotatable bonds is 4. The van der Waals surface area contributed by atoms with Gasteiger partial charge in [-0.1, -0.05) is 23.7 Å². The number of nitrogens with one attached hydrogen (secondary N) is 2. The molecule has 1 unspecified atom stereocenters. The van der Waals surface area contributed by atoms with Gasteiger partial charge in [-0.2, -0.15) is 0 Å². The molecule has 1 aromatic carbocycles. The van der Waals surface area contributed by atoms with Gasteiger partial charge in [0, 0.05) is 17.5 Å². The van der Waals surface area contributed by atoms with Gasteiger partial charge >= 0.3 is 12.0 Å². The van der Waals surface area contributed by atoms with Gasteiger partial charge in [-0.05, 0) is 26.8 Å². The highest BCUT2D eigenvalue weighted by Gasteiger charge is 2.25. The highest BCUT2D eigenvalue weighted by molar-refractivity contribution is 6.35. The predicted octanol–water partition coefficient (Wildman–Crippen LogP) is 2.79. The summed E-state index contributed by atoms with van der Waals surface area (Å²) in [5.74, 6) is -1.57. The minimum atomic E-state index is -1.16. The van der Waals surface area contributed by atoms with E-state index in [1.807, 2.05) is 0 Å². The molecule has 7 nitrogen and oxygen atoms in total. The molecule has 2 rings (SSSR count). The molecule has 0 aliphatic rings. The zero-order chi connectivity index (χ0) is 17.9. The number of carbonyl (C=O) groups is 3. The molecule has 0 bridgehead atoms. The number of benzene rings is 1. The molecular formula is C16H17ClN2O5. The number of amides is 3. The second-order valence-electron chi connectivity index (χ2n) is 5.07. The normalized spacial score (nSPS) is 11.8. The Bertz CT molecular complexity index is 799. The van der Waals surface area contributed by atoms with Crippen molar-refractivity contribution >= 4 is 40.5 Å². The van der Waals surface area contributed by atoms with E-state index in [1.54, 1.807) is 32.0 Å². The quantitative estimate of drug-likeness (QED) is 0.824. The fourth-order valence-corrected chi connectivity index (χ4v) is 2.30. The monoisotopic (exact) mass is 352 g/mol. The molecule has 0 fully saturated rings. The molecule has 1 aromatic heterocycles. The van der Waals surface area contributed by atoms with Gasteiger partial charge in [0.1, 0.15) is 0 Å². The van der Waals surface area contributed by atoms with Crippen LogP contribution in [0, 0.1) is 6.92 Å². The molecule has 24 heavy (non-hydrogen) atoms. The molecule has 8 heteroatoms. The Balaban J connectivity index is 2.12. The first-order valence-electron chi connectivity index (χ1n) is 7.32. The van der Waals surface area contributed by atoms with Crippen LogP contribution in [0.1, 0.15) is 30.0 Å². The van der Waals surface area contributed by atoms with E-state index in [9.17, 15) is 14.4 Å². The van der Waals surface area contributed by atoms with Crippen LogP contribution in [0.25, 0.3) is 11.0 Å². The summed E-state index contributed by atoms with van der Waals surface area (Å²) < 4.78 is 10.5. The van der Waals surface area contributed by atoms with Crippen molar-refractivity contribution in [2.75, 3.05) is 6.54 Å². The number of ether oxygens (including phenoxy) is 1. The van der Waals surface area contributed by atoms with Gasteiger partial charge in [0.25, 0.3) is 5.91 Å². The molecule has 2 aromatic rings. The molecule has 0 saturated carbocycles. The lowest BCUT2D eigenvalue weighted by Crippen LogP contribution is -2.44. The number of fused-ring (bicyclic) bond motifs is 1. The standard InChI is InChI=1S/C16H17ClN2O5/c1-4-18-16(22)19-14(20)9(3)23-15(21)12-8(2)10-6-5-7-11(17)13(10)24-12/h5-7,9H,4H2,1-3H3,(H2,18,19,20,22). The van der Waals surface area contributed by atoms with E-state index in [1.165, 1.54) is 6.92 Å². The van der Waals surface area contributed by atoms with Crippen LogP contribution in [0.2, 0.25) is 5.02 Å². The summed E-state index contributed by atoms with van der Waals surface area (Å²) in [5.41, 5.74) is 0.942. The summed E-state index contributed by atoms with van der Waals surface area (Å²) in [5, 5.41) is 5.54. The van der Waals surface area contributed by atoms with Crippen LogP contribution in [0.15, 0.2) is 22.6 Å². The average molecular weight is 353 g/mol. The number of urea groups is 1. The van der Waals surface area contributed by atoms with Gasteiger partial charge in [-0.15, -0.1) is 0 Å². The van der Waals surface area contributed by atoms with Crippen LogP contribution in [-0.4, -0.2) is 30.6 Å². The molecule has 0 radical (unpaired) electrons. The topological polar surface area (TPSA) is 97.6 Å². The van der Waals surface area contributed by atoms with E-state index in [0.29, 0.717) is 28.1 Å². The lowest BCUT2D eigenvalue weighted by molar-refractivity contribution is -0.128. The number of para-hydroxylation sites is 1. The van der Waals surface area contributed by atoms with E-state index in [-0.39, 0.29) is 5.76 Å². The number of halogens is 1. The molecule has 2 N–H and O–H groups in total. The van der Waals surface area contributed by atoms with Crippen molar-refractivity contribution in [2.24, 2.45) is 0 Å². The Kier molecular flexibility index (Phi) is 5.46. The van der Waals surface area contributed by atoms with Gasteiger partial charge < -0.3 is 14.5 Å². The van der Waals surface area contributed by atoms with Crippen molar-refractivity contribution in [2.45, 2.75) is 26.9 Å². The Hall–Kier alpha value is -2.54. The molecule has 0 aliphatic carbocycles. The van der Waals surface area contributed by atoms with Crippen LogP contribution in [0.5, 0.6) is 0 Å². The molecule has 1 atom stereocenters. The Morgan fingerprint density at radius 2 is 2.04 bits per heavy atom. The number of imide groups is 1. The van der Waals surface area contributed by atoms with Crippen molar-refractivity contribution in [3.05, 3.63) is 34.5 Å². The zero-order valence-electron chi connectivity index (χ0n) is 13.4. The van der Waals surface area contributed by atoms with Gasteiger partial charge in [0.05, 0.1) is 5.02 Å². The Morgan fingerprint density at radius 1 is 1.33 bits per heavy atom. The molecule has 3 amide bonds. The molecule has 128 valence electrons. The van der Waals surface area contributed by atoms with E-state index in [0.717, 1.165) is 0 Å². The summed E-state index contributed by atoms with van der Waals surface area (Å²) in [6.45, 7) is 5.13. The fraction of sp³-hybridized carbons (Fsp3) is 0.312. The molecular weight excluding hydrogens is 336 g/mol. The average Bonchev–Trinajstić information content (AvgIpc) is 2.86. The second-order valence-corrected chi connectivity index (χ2v) is 5.48. The van der Waals surface area contributed by atoms with E-state index >= 15 is 0 Å². The first kappa shape index (κ1) is 17.8. The van der Waals surface area contributed by atoms with E-state index in [2.05, 4.69) is 10.6 Å². The number of furan rings is 1. The van der Waals surface area contributed by atoms with Crippen LogP contribution in [0.3, 0.4) is 0 Å². The van der Waals surface area contributed by atoms with Crippen LogP contribution in [0.4, 0.5) is 4.79 Å². The third-order valence-electron chi connectivity index (χ3n) is 3.33. The third kappa shape index (κ3) is 3.68. The minimum absolute atomic E-state index is 0.0317. The lowest BCUT2D eigenvalue weighted by atomic mass is 10.1. The van der Waals surface area contributed by atoms with Gasteiger partial charge in [0.15, 0.2) is 11.7 Å². The summed E-state index contributed by atoms with van der Waals surface area (Å²) in [6.07, 6.45) is -1.16. The number of carbonyl (C=O) groups excluding carboxylic acids is 3. The first-order chi connectivity index (χ1) is 11.3. The van der Waals surface area contributed by atoms with E-state index < -0.39 is 24.0 Å². The Labute approximate surface area is 143 Å². The highest BCUT2D eigenvalue weighted by atomic mass is 35.5. The highest BCUT2D eigenvalue weighted by Crippen LogP contribution is 2.31. The van der Waals surface area contributed by atoms with Gasteiger partial charge in [-0.3, -0.25) is 10.1 Å². The van der Waals surface area contributed by atoms with Gasteiger partial charge in [0.2, 0.25) is 5.76 Å². The molecule has 0 aliphatic heterocycles. The minimum Gasteiger partial charge on any atom is -0.447 e.